The zero-order valence-corrected chi connectivity index (χ0v) is 19.2. The summed E-state index contributed by atoms with van der Waals surface area (Å²) in [5, 5.41) is 9.21. The third-order valence-corrected chi connectivity index (χ3v) is 6.29. The van der Waals surface area contributed by atoms with E-state index in [1.54, 1.807) is 6.26 Å². The standard InChI is InChI=1S/C23H28N4O4S/c1-3-27-22(20-10-7-15-30-20)24-25-23(27)32-16-21(28)26-13-11-17(12-14-26)31-19-9-6-5-8-18(19)29-4-2/h5-10,15,17H,3-4,11-14,16H2,1-2H3. The number of furan rings is 1. The molecule has 0 spiro atoms. The van der Waals surface area contributed by atoms with Gasteiger partial charge in [-0.1, -0.05) is 23.9 Å². The summed E-state index contributed by atoms with van der Waals surface area (Å²) in [6, 6.07) is 11.4. The molecule has 9 heteroatoms. The van der Waals surface area contributed by atoms with Crippen LogP contribution in [0.4, 0.5) is 0 Å². The maximum Gasteiger partial charge on any atom is 0.233 e. The van der Waals surface area contributed by atoms with Crippen LogP contribution in [0.25, 0.3) is 11.6 Å². The van der Waals surface area contributed by atoms with E-state index in [2.05, 4.69) is 10.2 Å². The van der Waals surface area contributed by atoms with Crippen molar-refractivity contribution >= 4 is 17.7 Å². The third kappa shape index (κ3) is 5.09. The molecule has 32 heavy (non-hydrogen) atoms. The molecule has 1 aliphatic rings. The minimum atomic E-state index is 0.0763. The van der Waals surface area contributed by atoms with Crippen LogP contribution in [0.1, 0.15) is 26.7 Å². The van der Waals surface area contributed by atoms with E-state index in [1.807, 2.05) is 59.7 Å². The molecule has 0 bridgehead atoms. The number of carbonyl (C=O) groups is 1. The Hall–Kier alpha value is -2.94. The fraction of sp³-hybridized carbons (Fsp3) is 0.435. The Kier molecular flexibility index (Phi) is 7.36. The quantitative estimate of drug-likeness (QED) is 0.448. The predicted octanol–water partition coefficient (Wildman–Crippen LogP) is 4.12. The Morgan fingerprint density at radius 2 is 1.91 bits per heavy atom. The number of carbonyl (C=O) groups excluding carboxylic acids is 1. The van der Waals surface area contributed by atoms with E-state index in [0.29, 0.717) is 43.6 Å². The van der Waals surface area contributed by atoms with Gasteiger partial charge in [0.1, 0.15) is 6.10 Å². The Labute approximate surface area is 191 Å². The van der Waals surface area contributed by atoms with Gasteiger partial charge in [0, 0.05) is 32.5 Å². The van der Waals surface area contributed by atoms with Crippen molar-refractivity contribution in [3.05, 3.63) is 42.7 Å². The summed E-state index contributed by atoms with van der Waals surface area (Å²) in [5.41, 5.74) is 0. The van der Waals surface area contributed by atoms with Gasteiger partial charge >= 0.3 is 0 Å². The topological polar surface area (TPSA) is 82.6 Å². The van der Waals surface area contributed by atoms with E-state index in [1.165, 1.54) is 11.8 Å². The number of likely N-dealkylation sites (tertiary alicyclic amines) is 1. The van der Waals surface area contributed by atoms with Gasteiger partial charge in [-0.2, -0.15) is 0 Å². The number of para-hydroxylation sites is 2. The maximum atomic E-state index is 12.8. The number of hydrogen-bond donors (Lipinski definition) is 0. The highest BCUT2D eigenvalue weighted by atomic mass is 32.2. The molecule has 1 saturated heterocycles. The summed E-state index contributed by atoms with van der Waals surface area (Å²) in [7, 11) is 0. The lowest BCUT2D eigenvalue weighted by molar-refractivity contribution is -0.130. The lowest BCUT2D eigenvalue weighted by Crippen LogP contribution is -2.42. The SMILES string of the molecule is CCOc1ccccc1OC1CCN(C(=O)CSc2nnc(-c3ccco3)n2CC)CC1. The first kappa shape index (κ1) is 22.3. The molecule has 1 fully saturated rings. The summed E-state index contributed by atoms with van der Waals surface area (Å²) >= 11 is 1.41. The van der Waals surface area contributed by atoms with Crippen molar-refractivity contribution in [3.63, 3.8) is 0 Å². The number of ether oxygens (including phenoxy) is 2. The summed E-state index contributed by atoms with van der Waals surface area (Å²) in [6.45, 7) is 6.64. The zero-order valence-electron chi connectivity index (χ0n) is 18.4. The number of benzene rings is 1. The summed E-state index contributed by atoms with van der Waals surface area (Å²) < 4.78 is 19.2. The lowest BCUT2D eigenvalue weighted by Gasteiger charge is -2.32. The Balaban J connectivity index is 1.28. The van der Waals surface area contributed by atoms with E-state index in [4.69, 9.17) is 13.9 Å². The number of nitrogens with zero attached hydrogens (tertiary/aromatic N) is 4. The van der Waals surface area contributed by atoms with Gasteiger partial charge in [-0.05, 0) is 38.1 Å². The fourth-order valence-electron chi connectivity index (χ4n) is 3.71. The van der Waals surface area contributed by atoms with Crippen molar-refractivity contribution in [3.8, 4) is 23.1 Å². The van der Waals surface area contributed by atoms with Gasteiger partial charge in [0.25, 0.3) is 0 Å². The molecule has 4 rings (SSSR count). The van der Waals surface area contributed by atoms with Crippen LogP contribution in [0.5, 0.6) is 11.5 Å². The second-order valence-electron chi connectivity index (χ2n) is 7.39. The van der Waals surface area contributed by atoms with Gasteiger partial charge in [-0.15, -0.1) is 10.2 Å². The molecule has 2 aromatic heterocycles. The average Bonchev–Trinajstić information content (AvgIpc) is 3.49. The van der Waals surface area contributed by atoms with Gasteiger partial charge in [0.05, 0.1) is 18.6 Å². The molecular weight excluding hydrogens is 428 g/mol. The molecule has 3 aromatic rings. The van der Waals surface area contributed by atoms with Gasteiger partial charge < -0.3 is 18.8 Å². The molecule has 0 unspecified atom stereocenters. The normalized spacial score (nSPS) is 14.5. The minimum absolute atomic E-state index is 0.0763. The van der Waals surface area contributed by atoms with Crippen LogP contribution >= 0.6 is 11.8 Å². The average molecular weight is 457 g/mol. The highest BCUT2D eigenvalue weighted by molar-refractivity contribution is 7.99. The first-order valence-electron chi connectivity index (χ1n) is 11.0. The number of thioether (sulfide) groups is 1. The van der Waals surface area contributed by atoms with E-state index in [9.17, 15) is 4.79 Å². The molecule has 8 nitrogen and oxygen atoms in total. The maximum absolute atomic E-state index is 12.8. The van der Waals surface area contributed by atoms with E-state index in [-0.39, 0.29) is 12.0 Å². The molecule has 1 aromatic carbocycles. The van der Waals surface area contributed by atoms with Crippen LogP contribution in [0.2, 0.25) is 0 Å². The molecular formula is C23H28N4O4S. The second kappa shape index (κ2) is 10.6. The molecule has 0 atom stereocenters. The fourth-order valence-corrected chi connectivity index (χ4v) is 4.62. The molecule has 0 saturated carbocycles. The van der Waals surface area contributed by atoms with Crippen molar-refractivity contribution < 1.29 is 18.7 Å². The number of hydrogen-bond acceptors (Lipinski definition) is 7. The molecule has 170 valence electrons. The zero-order chi connectivity index (χ0) is 22.3. The van der Waals surface area contributed by atoms with Crippen LogP contribution in [-0.2, 0) is 11.3 Å². The Morgan fingerprint density at radius 3 is 2.59 bits per heavy atom. The third-order valence-electron chi connectivity index (χ3n) is 5.34. The first-order valence-corrected chi connectivity index (χ1v) is 11.9. The van der Waals surface area contributed by atoms with Crippen LogP contribution in [0, 0.1) is 0 Å². The van der Waals surface area contributed by atoms with Gasteiger partial charge in [0.2, 0.25) is 5.91 Å². The number of rotatable bonds is 9. The number of piperidine rings is 1. The summed E-state index contributed by atoms with van der Waals surface area (Å²) in [5.74, 6) is 3.31. The largest absolute Gasteiger partial charge is 0.490 e. The minimum Gasteiger partial charge on any atom is -0.490 e. The van der Waals surface area contributed by atoms with E-state index >= 15 is 0 Å². The van der Waals surface area contributed by atoms with Crippen molar-refractivity contribution in [1.29, 1.82) is 0 Å². The predicted molar refractivity (Wildman–Crippen MR) is 122 cm³/mol. The lowest BCUT2D eigenvalue weighted by atomic mass is 10.1. The van der Waals surface area contributed by atoms with Crippen molar-refractivity contribution in [2.75, 3.05) is 25.4 Å². The second-order valence-corrected chi connectivity index (χ2v) is 8.34. The number of aromatic nitrogens is 3. The number of amides is 1. The smallest absolute Gasteiger partial charge is 0.233 e. The molecule has 0 N–H and O–H groups in total. The van der Waals surface area contributed by atoms with Crippen molar-refractivity contribution in [2.45, 2.75) is 44.5 Å². The van der Waals surface area contributed by atoms with Crippen LogP contribution in [0.3, 0.4) is 0 Å². The molecule has 3 heterocycles. The van der Waals surface area contributed by atoms with Gasteiger partial charge in [-0.3, -0.25) is 9.36 Å². The molecule has 0 radical (unpaired) electrons. The first-order chi connectivity index (χ1) is 15.7. The molecule has 0 aliphatic carbocycles. The van der Waals surface area contributed by atoms with Gasteiger partial charge in [0.15, 0.2) is 28.2 Å². The summed E-state index contributed by atoms with van der Waals surface area (Å²) in [4.78, 5) is 14.7. The van der Waals surface area contributed by atoms with E-state index in [0.717, 1.165) is 29.5 Å². The van der Waals surface area contributed by atoms with Gasteiger partial charge in [-0.25, -0.2) is 0 Å². The summed E-state index contributed by atoms with van der Waals surface area (Å²) in [6.07, 6.45) is 3.28. The molecule has 1 amide bonds. The van der Waals surface area contributed by atoms with E-state index < -0.39 is 0 Å². The highest BCUT2D eigenvalue weighted by Gasteiger charge is 2.25. The van der Waals surface area contributed by atoms with Crippen molar-refractivity contribution in [2.24, 2.45) is 0 Å². The molecule has 1 aliphatic heterocycles. The van der Waals surface area contributed by atoms with Crippen LogP contribution in [0.15, 0.2) is 52.2 Å². The van der Waals surface area contributed by atoms with Crippen LogP contribution in [-0.4, -0.2) is 57.1 Å². The Morgan fingerprint density at radius 1 is 1.12 bits per heavy atom. The Bertz CT molecular complexity index is 1010. The van der Waals surface area contributed by atoms with Crippen molar-refractivity contribution in [1.82, 2.24) is 19.7 Å². The van der Waals surface area contributed by atoms with Crippen LogP contribution < -0.4 is 9.47 Å². The highest BCUT2D eigenvalue weighted by Crippen LogP contribution is 2.30. The monoisotopic (exact) mass is 456 g/mol.